The minimum absolute atomic E-state index is 0.0304. The van der Waals surface area contributed by atoms with Crippen LogP contribution in [0.15, 0.2) is 146 Å². The average Bonchev–Trinajstić information content (AvgIpc) is 3.60. The van der Waals surface area contributed by atoms with Crippen LogP contribution in [0.3, 0.4) is 0 Å². The van der Waals surface area contributed by atoms with Crippen LogP contribution in [0.1, 0.15) is 63.1 Å². The standard InChI is InChI=1S/C52H53NO12S/c1-3-66-52-42(53-48(55)38-26-16-17-27-39(38)49(53)56)45(44-41(63-52)32-60-50(64-44)37-24-14-7-15-25-37)65-51-47(61-33(2)54)46(59-30-36-22-12-6-13-23-36)43(58-29-35-20-10-5-11-21-35)40(62-51)31-57-28-34-18-8-4-9-19-34/h4-27,40-47,50-52H,3,28-32H2,1-2H3/t40-,41-,42-,43+,44-,45-,46+,47-,50-,51+,52+/m1/s1. The molecule has 0 aliphatic carbocycles. The van der Waals surface area contributed by atoms with E-state index >= 15 is 0 Å². The van der Waals surface area contributed by atoms with E-state index in [1.54, 1.807) is 24.3 Å². The second-order valence-corrected chi connectivity index (χ2v) is 17.8. The van der Waals surface area contributed by atoms with Gasteiger partial charge in [-0.3, -0.25) is 19.3 Å². The van der Waals surface area contributed by atoms with Crippen molar-refractivity contribution in [2.45, 2.75) is 100 Å². The molecule has 66 heavy (non-hydrogen) atoms. The van der Waals surface area contributed by atoms with Crippen molar-refractivity contribution < 1.29 is 57.0 Å². The Kier molecular flexibility index (Phi) is 15.0. The predicted molar refractivity (Wildman–Crippen MR) is 243 cm³/mol. The SMILES string of the molecule is CCS[C@@H]1O[C@@H]2CO[C@@H](c3ccccc3)O[C@H]2[C@H](O[C@@H]2O[C@H](COCc3ccccc3)[C@H](OCc3ccccc3)[C@H](OCc3ccccc3)[C@H]2OC(C)=O)[C@H]1N1C(=O)c2ccccc2C1=O. The first-order valence-electron chi connectivity index (χ1n) is 22.3. The highest BCUT2D eigenvalue weighted by atomic mass is 32.2. The number of thioether (sulfide) groups is 1. The van der Waals surface area contributed by atoms with Crippen molar-refractivity contribution in [3.05, 3.63) is 179 Å². The molecule has 0 aromatic heterocycles. The summed E-state index contributed by atoms with van der Waals surface area (Å²) in [5.41, 5.74) is 3.26. The van der Waals surface area contributed by atoms with E-state index in [0.29, 0.717) is 5.75 Å². The minimum Gasteiger partial charge on any atom is -0.454 e. The van der Waals surface area contributed by atoms with Gasteiger partial charge in [-0.05, 0) is 34.6 Å². The maximum absolute atomic E-state index is 14.5. The van der Waals surface area contributed by atoms with Crippen LogP contribution in [0.4, 0.5) is 0 Å². The number of ether oxygens (including phenoxy) is 9. The van der Waals surface area contributed by atoms with Crippen molar-refractivity contribution >= 4 is 29.5 Å². The zero-order valence-electron chi connectivity index (χ0n) is 36.7. The fourth-order valence-corrected chi connectivity index (χ4v) is 9.96. The van der Waals surface area contributed by atoms with Gasteiger partial charge in [-0.25, -0.2) is 0 Å². The molecular formula is C52H53NO12S. The Morgan fingerprint density at radius 1 is 0.652 bits per heavy atom. The van der Waals surface area contributed by atoms with Gasteiger partial charge in [0.1, 0.15) is 48.1 Å². The molecule has 3 saturated heterocycles. The van der Waals surface area contributed by atoms with Gasteiger partial charge in [0.2, 0.25) is 0 Å². The number of fused-ring (bicyclic) bond motifs is 2. The summed E-state index contributed by atoms with van der Waals surface area (Å²) >= 11 is 1.43. The van der Waals surface area contributed by atoms with Crippen molar-refractivity contribution in [3.8, 4) is 0 Å². The van der Waals surface area contributed by atoms with Crippen LogP contribution in [0, 0.1) is 0 Å². The van der Waals surface area contributed by atoms with Crippen molar-refractivity contribution in [2.75, 3.05) is 19.0 Å². The summed E-state index contributed by atoms with van der Waals surface area (Å²) in [7, 11) is 0. The molecule has 344 valence electrons. The molecule has 13 nitrogen and oxygen atoms in total. The molecule has 14 heteroatoms. The molecule has 9 rings (SSSR count). The smallest absolute Gasteiger partial charge is 0.303 e. The molecule has 0 bridgehead atoms. The van der Waals surface area contributed by atoms with Crippen LogP contribution in [-0.2, 0) is 67.2 Å². The van der Waals surface area contributed by atoms with Crippen molar-refractivity contribution in [2.24, 2.45) is 0 Å². The van der Waals surface area contributed by atoms with E-state index in [-0.39, 0.29) is 44.2 Å². The lowest BCUT2D eigenvalue weighted by Gasteiger charge is -2.53. The van der Waals surface area contributed by atoms with E-state index in [2.05, 4.69) is 0 Å². The van der Waals surface area contributed by atoms with Crippen molar-refractivity contribution in [1.82, 2.24) is 4.90 Å². The van der Waals surface area contributed by atoms with Crippen LogP contribution in [-0.4, -0.2) is 102 Å². The first-order chi connectivity index (χ1) is 32.4. The maximum atomic E-state index is 14.5. The number of rotatable bonds is 17. The van der Waals surface area contributed by atoms with Gasteiger partial charge in [0, 0.05) is 12.5 Å². The molecule has 4 aliphatic rings. The third-order valence-corrected chi connectivity index (χ3v) is 13.0. The molecule has 5 aromatic carbocycles. The molecule has 3 fully saturated rings. The summed E-state index contributed by atoms with van der Waals surface area (Å²) in [5, 5.41) is 0. The highest BCUT2D eigenvalue weighted by Crippen LogP contribution is 2.44. The zero-order valence-corrected chi connectivity index (χ0v) is 37.5. The van der Waals surface area contributed by atoms with E-state index in [1.807, 2.05) is 128 Å². The molecule has 0 spiro atoms. The summed E-state index contributed by atoms with van der Waals surface area (Å²) in [6.07, 6.45) is -8.86. The number of amides is 2. The largest absolute Gasteiger partial charge is 0.454 e. The van der Waals surface area contributed by atoms with Gasteiger partial charge in [0.05, 0.1) is 44.2 Å². The molecule has 11 atom stereocenters. The topological polar surface area (TPSA) is 138 Å². The van der Waals surface area contributed by atoms with Gasteiger partial charge in [0.25, 0.3) is 11.8 Å². The highest BCUT2D eigenvalue weighted by Gasteiger charge is 2.59. The second kappa shape index (κ2) is 21.6. The predicted octanol–water partition coefficient (Wildman–Crippen LogP) is 7.67. The van der Waals surface area contributed by atoms with E-state index in [4.69, 9.17) is 42.6 Å². The average molecular weight is 916 g/mol. The first kappa shape index (κ1) is 45.9. The van der Waals surface area contributed by atoms with Crippen LogP contribution < -0.4 is 0 Å². The Morgan fingerprint density at radius 2 is 1.20 bits per heavy atom. The van der Waals surface area contributed by atoms with E-state index in [9.17, 15) is 14.4 Å². The minimum atomic E-state index is -1.37. The molecule has 0 radical (unpaired) electrons. The molecule has 0 N–H and O–H groups in total. The monoisotopic (exact) mass is 915 g/mol. The Balaban J connectivity index is 1.12. The third kappa shape index (κ3) is 10.3. The number of carbonyl (C=O) groups excluding carboxylic acids is 3. The van der Waals surface area contributed by atoms with Crippen LogP contribution in [0.2, 0.25) is 0 Å². The Labute approximate surface area is 388 Å². The summed E-state index contributed by atoms with van der Waals surface area (Å²) in [6, 6.07) is 44.3. The molecule has 2 amide bonds. The normalized spacial score (nSPS) is 28.4. The molecule has 0 unspecified atom stereocenters. The lowest BCUT2D eigenvalue weighted by molar-refractivity contribution is -0.365. The number of benzene rings is 5. The third-order valence-electron chi connectivity index (χ3n) is 12.0. The van der Waals surface area contributed by atoms with Crippen LogP contribution >= 0.6 is 11.8 Å². The number of carbonyl (C=O) groups is 3. The Bertz CT molecular complexity index is 2340. The molecule has 4 heterocycles. The van der Waals surface area contributed by atoms with Gasteiger partial charge >= 0.3 is 5.97 Å². The highest BCUT2D eigenvalue weighted by molar-refractivity contribution is 7.99. The number of esters is 1. The van der Waals surface area contributed by atoms with Gasteiger partial charge in [-0.15, -0.1) is 11.8 Å². The second-order valence-electron chi connectivity index (χ2n) is 16.4. The number of hydrogen-bond donors (Lipinski definition) is 0. The van der Waals surface area contributed by atoms with Gasteiger partial charge in [0.15, 0.2) is 18.7 Å². The fraction of sp³-hybridized carbons (Fsp3) is 0.365. The van der Waals surface area contributed by atoms with Crippen LogP contribution in [0.25, 0.3) is 0 Å². The van der Waals surface area contributed by atoms with Crippen molar-refractivity contribution in [1.29, 1.82) is 0 Å². The fourth-order valence-electron chi connectivity index (χ4n) is 8.93. The molecule has 4 aliphatic heterocycles. The lowest BCUT2D eigenvalue weighted by Crippen LogP contribution is -2.69. The first-order valence-corrected chi connectivity index (χ1v) is 23.4. The summed E-state index contributed by atoms with van der Waals surface area (Å²) in [5.74, 6) is -1.01. The molecule has 0 saturated carbocycles. The lowest BCUT2D eigenvalue weighted by atomic mass is 9.94. The van der Waals surface area contributed by atoms with Gasteiger partial charge in [-0.2, -0.15) is 0 Å². The number of hydrogen-bond acceptors (Lipinski definition) is 13. The van der Waals surface area contributed by atoms with Crippen LogP contribution in [0.5, 0.6) is 0 Å². The molecular weight excluding hydrogens is 863 g/mol. The summed E-state index contributed by atoms with van der Waals surface area (Å²) in [6.45, 7) is 4.02. The number of nitrogens with zero attached hydrogens (tertiary/aromatic N) is 1. The Hall–Kier alpha value is -5.26. The van der Waals surface area contributed by atoms with E-state index in [1.165, 1.54) is 23.6 Å². The number of imide groups is 1. The van der Waals surface area contributed by atoms with Crippen molar-refractivity contribution in [3.63, 3.8) is 0 Å². The summed E-state index contributed by atoms with van der Waals surface area (Å²) in [4.78, 5) is 43.5. The van der Waals surface area contributed by atoms with E-state index < -0.39 is 84.6 Å². The summed E-state index contributed by atoms with van der Waals surface area (Å²) < 4.78 is 60.3. The van der Waals surface area contributed by atoms with Gasteiger partial charge < -0.3 is 42.6 Å². The van der Waals surface area contributed by atoms with E-state index in [0.717, 1.165) is 22.3 Å². The maximum Gasteiger partial charge on any atom is 0.303 e. The van der Waals surface area contributed by atoms with Gasteiger partial charge in [-0.1, -0.05) is 140 Å². The zero-order chi connectivity index (χ0) is 45.4. The molecule has 5 aromatic rings. The quantitative estimate of drug-likeness (QED) is 0.0667. The Morgan fingerprint density at radius 3 is 1.77 bits per heavy atom.